The van der Waals surface area contributed by atoms with E-state index in [-0.39, 0.29) is 18.5 Å². The third kappa shape index (κ3) is 13.0. The van der Waals surface area contributed by atoms with Gasteiger partial charge in [-0.05, 0) is 101 Å². The van der Waals surface area contributed by atoms with Crippen molar-refractivity contribution in [2.45, 2.75) is 120 Å². The lowest BCUT2D eigenvalue weighted by Crippen LogP contribution is -2.59. The Labute approximate surface area is 472 Å². The van der Waals surface area contributed by atoms with Gasteiger partial charge in [0.05, 0.1) is 11.0 Å². The average molecular weight is 1130 g/mol. The fraction of sp³-hybridized carbons (Fsp3) is 0.448. The molecule has 24 heteroatoms. The number of pyridine rings is 2. The molecule has 2 aromatic carbocycles. The van der Waals surface area contributed by atoms with E-state index in [0.717, 1.165) is 14.7 Å². The second-order valence-electron chi connectivity index (χ2n) is 21.2. The summed E-state index contributed by atoms with van der Waals surface area (Å²) < 4.78 is 11.7. The lowest BCUT2D eigenvalue weighted by molar-refractivity contribution is -0.160. The van der Waals surface area contributed by atoms with Gasteiger partial charge in [0.25, 0.3) is 11.8 Å². The first-order valence-corrected chi connectivity index (χ1v) is 27.3. The number of aromatic hydroxyl groups is 2. The Morgan fingerprint density at radius 2 is 1.05 bits per heavy atom. The summed E-state index contributed by atoms with van der Waals surface area (Å²) >= 11 is 0. The minimum Gasteiger partial charge on any atom is -0.505 e. The molecule has 0 radical (unpaired) electrons. The first-order valence-electron chi connectivity index (χ1n) is 27.3. The quantitative estimate of drug-likeness (QED) is 0.0950. The number of cyclic esters (lactones) is 2. The van der Waals surface area contributed by atoms with E-state index in [1.54, 1.807) is 48.5 Å². The van der Waals surface area contributed by atoms with Gasteiger partial charge in [-0.2, -0.15) is 0 Å². The summed E-state index contributed by atoms with van der Waals surface area (Å²) in [4.78, 5) is 158. The second kappa shape index (κ2) is 25.7. The Hall–Kier alpha value is -8.96. The van der Waals surface area contributed by atoms with Crippen LogP contribution in [0.4, 0.5) is 0 Å². The van der Waals surface area contributed by atoms with E-state index in [0.29, 0.717) is 78.7 Å². The van der Waals surface area contributed by atoms with Crippen LogP contribution in [0.15, 0.2) is 84.1 Å². The van der Waals surface area contributed by atoms with Crippen LogP contribution in [0.1, 0.15) is 99.0 Å². The number of allylic oxidation sites excluding steroid dienone is 1. The third-order valence-electron chi connectivity index (χ3n) is 15.7. The first-order chi connectivity index (χ1) is 39.1. The molecule has 2 fully saturated rings. The number of aromatic nitrogens is 2. The third-order valence-corrected chi connectivity index (χ3v) is 15.7. The topological polar surface area (TPSA) is 316 Å². The van der Waals surface area contributed by atoms with Gasteiger partial charge in [0.1, 0.15) is 72.7 Å². The van der Waals surface area contributed by atoms with Gasteiger partial charge < -0.3 is 60.6 Å². The Morgan fingerprint density at radius 3 is 1.54 bits per heavy atom. The lowest BCUT2D eigenvalue weighted by atomic mass is 9.95. The number of nitrogens with zero attached hydrogens (tertiary/aromatic N) is 6. The van der Waals surface area contributed by atoms with Crippen molar-refractivity contribution in [2.24, 2.45) is 5.92 Å². The van der Waals surface area contributed by atoms with Crippen LogP contribution in [0.3, 0.4) is 0 Å². The van der Waals surface area contributed by atoms with Crippen LogP contribution in [0.5, 0.6) is 11.5 Å². The molecule has 2 aromatic heterocycles. The minimum absolute atomic E-state index is 0.190. The van der Waals surface area contributed by atoms with Crippen LogP contribution >= 0.6 is 0 Å². The summed E-state index contributed by atoms with van der Waals surface area (Å²) in [7, 11) is 5.33. The number of ether oxygens (including phenoxy) is 2. The summed E-state index contributed by atoms with van der Waals surface area (Å²) in [6.45, 7) is 0.969. The van der Waals surface area contributed by atoms with Crippen molar-refractivity contribution in [1.82, 2.24) is 50.8 Å². The van der Waals surface area contributed by atoms with Crippen molar-refractivity contribution >= 4 is 81.0 Å². The highest BCUT2D eigenvalue weighted by molar-refractivity contribution is 6.03. The molecule has 4 heterocycles. The molecule has 82 heavy (non-hydrogen) atoms. The fourth-order valence-electron chi connectivity index (χ4n) is 11.0. The normalized spacial score (nSPS) is 25.2. The van der Waals surface area contributed by atoms with Crippen molar-refractivity contribution in [2.75, 3.05) is 41.4 Å². The zero-order valence-electron chi connectivity index (χ0n) is 46.5. The van der Waals surface area contributed by atoms with Crippen molar-refractivity contribution in [3.05, 3.63) is 95.5 Å². The number of likely N-dealkylation sites (N-methyl/N-ethyl adjacent to an activating group) is 4. The summed E-state index contributed by atoms with van der Waals surface area (Å²) in [6, 6.07) is 5.46. The van der Waals surface area contributed by atoms with Crippen molar-refractivity contribution in [3.8, 4) is 11.5 Å². The van der Waals surface area contributed by atoms with Gasteiger partial charge in [-0.15, -0.1) is 0 Å². The molecule has 2 aliphatic carbocycles. The van der Waals surface area contributed by atoms with Crippen LogP contribution in [0.2, 0.25) is 0 Å². The Kier molecular flexibility index (Phi) is 18.5. The maximum absolute atomic E-state index is 15.1. The molecule has 0 unspecified atom stereocenters. The Morgan fingerprint density at radius 1 is 0.598 bits per heavy atom. The highest BCUT2D eigenvalue weighted by Gasteiger charge is 2.43. The van der Waals surface area contributed by atoms with Gasteiger partial charge in [0, 0.05) is 39.0 Å². The molecule has 8 amide bonds. The summed E-state index contributed by atoms with van der Waals surface area (Å²) in [5.41, 5.74) is 0.0896. The molecule has 2 bridgehead atoms. The zero-order chi connectivity index (χ0) is 59.1. The van der Waals surface area contributed by atoms with Gasteiger partial charge in [-0.1, -0.05) is 61.4 Å². The number of hydrogen-bond acceptors (Lipinski definition) is 16. The van der Waals surface area contributed by atoms with E-state index < -0.39 is 144 Å². The number of fused-ring (bicyclic) bond motifs is 6. The molecule has 8 rings (SSSR count). The van der Waals surface area contributed by atoms with E-state index in [9.17, 15) is 48.6 Å². The Balaban J connectivity index is 1.19. The Bertz CT molecular complexity index is 3260. The number of hydrogen-bond donors (Lipinski definition) is 6. The van der Waals surface area contributed by atoms with Crippen LogP contribution in [-0.4, -0.2) is 183 Å². The van der Waals surface area contributed by atoms with Crippen LogP contribution < -0.4 is 21.3 Å². The molecule has 6 N–H and O–H groups in total. The minimum atomic E-state index is -1.76. The molecule has 4 aliphatic rings. The second-order valence-corrected chi connectivity index (χ2v) is 21.2. The molecule has 0 spiro atoms. The average Bonchev–Trinajstić information content (AvgIpc) is 4.30. The molecule has 0 saturated heterocycles. The van der Waals surface area contributed by atoms with Gasteiger partial charge >= 0.3 is 11.9 Å². The largest absolute Gasteiger partial charge is 0.505 e. The lowest BCUT2D eigenvalue weighted by Gasteiger charge is -2.37. The van der Waals surface area contributed by atoms with E-state index in [4.69, 9.17) is 9.47 Å². The monoisotopic (exact) mass is 1130 g/mol. The maximum Gasteiger partial charge on any atom is 0.355 e. The highest BCUT2D eigenvalue weighted by Crippen LogP contribution is 2.33. The fourth-order valence-corrected chi connectivity index (χ4v) is 11.0. The summed E-state index contributed by atoms with van der Waals surface area (Å²) in [6.07, 6.45) is 7.03. The number of amides is 8. The molecule has 2 aliphatic heterocycles. The summed E-state index contributed by atoms with van der Waals surface area (Å²) in [5, 5.41) is 33.0. The van der Waals surface area contributed by atoms with E-state index in [1.165, 1.54) is 71.2 Å². The number of esters is 2. The number of carbonyl (C=O) groups excluding carboxylic acids is 10. The van der Waals surface area contributed by atoms with Gasteiger partial charge in [-0.25, -0.2) is 19.6 Å². The van der Waals surface area contributed by atoms with Gasteiger partial charge in [-0.3, -0.25) is 38.4 Å². The molecule has 4 aromatic rings. The number of benzene rings is 2. The van der Waals surface area contributed by atoms with E-state index >= 15 is 9.59 Å². The standard InChI is InChI=1S/C58H68N10O14/c1-31-53(75)65(3)41-25-15-16-26-42(56(78)68(6)48(34-19-9-10-20-34)57(79)81-29-39(49(71)59-31)63-51(73)45-43(69)27-35-21-11-13-23-37(35)61-45)66(4)54(76)32(2)60-50(72)40(30-82-58(80)47(67(5)55(41)77)33-17-7-8-18-33)64-52(74)46-44(70)28-36-22-12-14-24-38(36)62-46/h11-16,21-24,27-28,31-33,39-42,47,69-70H,7-10,17-20,25-26,29-30H2,1-6H3,(H,59,71)(H,60,72)(H,63,73)(H,64,74)/b16-15-/t31-,32-,39+,40+,41-,42-,47-/m0/s1. The van der Waals surface area contributed by atoms with Gasteiger partial charge in [0.15, 0.2) is 11.4 Å². The first kappa shape index (κ1) is 59.2. The number of carbonyl (C=O) groups is 10. The predicted molar refractivity (Wildman–Crippen MR) is 295 cm³/mol. The van der Waals surface area contributed by atoms with Crippen molar-refractivity contribution in [1.29, 1.82) is 0 Å². The van der Waals surface area contributed by atoms with E-state index in [2.05, 4.69) is 31.2 Å². The molecule has 7 atom stereocenters. The smallest absolute Gasteiger partial charge is 0.355 e. The van der Waals surface area contributed by atoms with Crippen LogP contribution in [0.25, 0.3) is 21.8 Å². The van der Waals surface area contributed by atoms with Crippen LogP contribution in [0, 0.1) is 5.92 Å². The molecular weight excluding hydrogens is 1060 g/mol. The number of nitrogens with one attached hydrogen (secondary N) is 4. The molecular formula is C58H68N10O14. The predicted octanol–water partition coefficient (Wildman–Crippen LogP) is 2.51. The van der Waals surface area contributed by atoms with Gasteiger partial charge in [0.2, 0.25) is 35.4 Å². The van der Waals surface area contributed by atoms with E-state index in [1.807, 2.05) is 0 Å². The summed E-state index contributed by atoms with van der Waals surface area (Å²) in [5.74, 6) is -10.8. The number of para-hydroxylation sites is 2. The molecule has 434 valence electrons. The van der Waals surface area contributed by atoms with Crippen molar-refractivity contribution in [3.63, 3.8) is 0 Å². The maximum atomic E-state index is 15.1. The zero-order valence-corrected chi connectivity index (χ0v) is 46.5. The van der Waals surface area contributed by atoms with Crippen molar-refractivity contribution < 1.29 is 67.6 Å². The molecule has 24 nitrogen and oxygen atoms in total. The van der Waals surface area contributed by atoms with Crippen LogP contribution in [-0.2, 0) is 47.8 Å². The SMILES string of the molecule is C[C@@H]1NC(=O)[C@H](NC(=O)c2nc3ccccc3cc2O)COC(=O)[C@H](C2CCCC2)N(C)C(=O)[C@@H]2C/C=C\C[C@@H](C(=O)N(C)C(=C3CCCC3)C(=O)OC[C@@H](NC(=O)c3nc4ccccc4cc3O)C(=O)N[C@@H](C)C(=O)N2C)N(C)C1=O. The number of rotatable bonds is 5. The highest BCUT2D eigenvalue weighted by atomic mass is 16.5. The molecule has 2 saturated carbocycles.